The van der Waals surface area contributed by atoms with E-state index in [4.69, 9.17) is 9.31 Å². The van der Waals surface area contributed by atoms with Crippen LogP contribution in [0.25, 0.3) is 0 Å². The molecule has 3 aliphatic carbocycles. The minimum atomic E-state index is -0.0345. The second kappa shape index (κ2) is 4.36. The molecule has 3 saturated carbocycles. The topological polar surface area (TPSA) is 30.5 Å². The van der Waals surface area contributed by atoms with Gasteiger partial charge in [-0.3, -0.25) is 0 Å². The maximum absolute atomic E-state index is 6.44. The van der Waals surface area contributed by atoms with Crippen molar-refractivity contribution in [2.45, 2.75) is 64.1 Å². The van der Waals surface area contributed by atoms with Gasteiger partial charge in [-0.2, -0.15) is 0 Å². The Labute approximate surface area is 122 Å². The molecule has 5 rings (SSSR count). The smallest absolute Gasteiger partial charge is 0.404 e. The van der Waals surface area contributed by atoms with Gasteiger partial charge in [0.15, 0.2) is 0 Å². The summed E-state index contributed by atoms with van der Waals surface area (Å²) in [6, 6.07) is 0. The zero-order chi connectivity index (χ0) is 12.5. The Balaban J connectivity index is 0.00000110. The molecule has 0 spiro atoms. The van der Waals surface area contributed by atoms with Crippen molar-refractivity contribution in [1.29, 1.82) is 0 Å². The van der Waals surface area contributed by atoms with Crippen molar-refractivity contribution in [3.05, 3.63) is 0 Å². The number of nitrogens with one attached hydrogen (secondary N) is 1. The Kier molecular flexibility index (Phi) is 3.26. The molecular weight excluding hydrogens is 260 g/mol. The van der Waals surface area contributed by atoms with Crippen molar-refractivity contribution < 1.29 is 9.31 Å². The Morgan fingerprint density at radius 3 is 2.63 bits per heavy atom. The van der Waals surface area contributed by atoms with Crippen molar-refractivity contribution in [3.63, 3.8) is 0 Å². The normalized spacial score (nSPS) is 50.4. The van der Waals surface area contributed by atoms with Crippen LogP contribution in [0.2, 0.25) is 0 Å². The van der Waals surface area contributed by atoms with E-state index < -0.39 is 0 Å². The molecule has 0 amide bonds. The molecule has 0 radical (unpaired) electrons. The predicted molar refractivity (Wildman–Crippen MR) is 78.4 cm³/mol. The molecule has 5 fully saturated rings. The second-order valence-corrected chi connectivity index (χ2v) is 7.54. The fourth-order valence-electron chi connectivity index (χ4n) is 5.01. The fourth-order valence-corrected chi connectivity index (χ4v) is 5.01. The van der Waals surface area contributed by atoms with Crippen LogP contribution in [0.4, 0.5) is 0 Å². The number of halogens is 1. The Morgan fingerprint density at radius 2 is 2.00 bits per heavy atom. The van der Waals surface area contributed by atoms with Gasteiger partial charge in [0.25, 0.3) is 0 Å². The molecule has 2 aliphatic heterocycles. The molecule has 5 atom stereocenters. The standard InChI is InChI=1S/C14H24BNO2.ClH/c1-13(2)9-7-10(13)14(3)11(8-9)17-15(18-14)12-5-4-6-16-12;/h9-12,16H,4-8H2,1-3H3;1H/t9-,10-,11+,12+,14-;/m0./s1. The van der Waals surface area contributed by atoms with Crippen LogP contribution < -0.4 is 5.32 Å². The van der Waals surface area contributed by atoms with E-state index in [1.54, 1.807) is 0 Å². The van der Waals surface area contributed by atoms with E-state index in [0.29, 0.717) is 23.4 Å². The third-order valence-corrected chi connectivity index (χ3v) is 6.40. The fraction of sp³-hybridized carbons (Fsp3) is 1.00. The van der Waals surface area contributed by atoms with Gasteiger partial charge in [-0.15, -0.1) is 12.4 Å². The van der Waals surface area contributed by atoms with Crippen LogP contribution in [-0.2, 0) is 9.31 Å². The Morgan fingerprint density at radius 1 is 1.21 bits per heavy atom. The zero-order valence-corrected chi connectivity index (χ0v) is 13.0. The van der Waals surface area contributed by atoms with Gasteiger partial charge in [0.1, 0.15) is 0 Å². The van der Waals surface area contributed by atoms with Gasteiger partial charge >= 0.3 is 7.12 Å². The monoisotopic (exact) mass is 285 g/mol. The molecule has 0 unspecified atom stereocenters. The highest BCUT2D eigenvalue weighted by molar-refractivity contribution is 6.47. The van der Waals surface area contributed by atoms with Crippen molar-refractivity contribution in [1.82, 2.24) is 5.32 Å². The molecule has 0 aromatic carbocycles. The van der Waals surface area contributed by atoms with Gasteiger partial charge in [0.05, 0.1) is 11.7 Å². The van der Waals surface area contributed by atoms with Gasteiger partial charge in [-0.05, 0) is 56.4 Å². The second-order valence-electron chi connectivity index (χ2n) is 7.54. The first-order valence-electron chi connectivity index (χ1n) is 7.58. The SMILES string of the molecule is CC1(C)[C@@H]2C[C@H]3OB([C@H]4CCCN4)O[C@@]3(C)[C@H]1C2.Cl. The largest absolute Gasteiger partial charge is 0.475 e. The van der Waals surface area contributed by atoms with Crippen LogP contribution in [0.3, 0.4) is 0 Å². The summed E-state index contributed by atoms with van der Waals surface area (Å²) in [4.78, 5) is 0. The van der Waals surface area contributed by atoms with E-state index in [1.165, 1.54) is 25.7 Å². The molecule has 2 bridgehead atoms. The Bertz CT molecular complexity index is 374. The average Bonchev–Trinajstić information content (AvgIpc) is 2.92. The summed E-state index contributed by atoms with van der Waals surface area (Å²) in [5.74, 6) is 1.95. The third-order valence-electron chi connectivity index (χ3n) is 6.40. The highest BCUT2D eigenvalue weighted by atomic mass is 35.5. The van der Waals surface area contributed by atoms with Crippen LogP contribution in [0.15, 0.2) is 0 Å². The van der Waals surface area contributed by atoms with Gasteiger partial charge in [-0.1, -0.05) is 13.8 Å². The van der Waals surface area contributed by atoms with E-state index in [2.05, 4.69) is 26.1 Å². The third kappa shape index (κ3) is 1.76. The van der Waals surface area contributed by atoms with E-state index in [-0.39, 0.29) is 25.1 Å². The summed E-state index contributed by atoms with van der Waals surface area (Å²) in [5, 5.41) is 3.52. The quantitative estimate of drug-likeness (QED) is 0.751. The molecule has 3 nitrogen and oxygen atoms in total. The molecule has 19 heavy (non-hydrogen) atoms. The van der Waals surface area contributed by atoms with E-state index >= 15 is 0 Å². The van der Waals surface area contributed by atoms with Crippen LogP contribution in [0.5, 0.6) is 0 Å². The maximum Gasteiger partial charge on any atom is 0.475 e. The lowest BCUT2D eigenvalue weighted by molar-refractivity contribution is -0.199. The summed E-state index contributed by atoms with van der Waals surface area (Å²) < 4.78 is 12.7. The Hall–Kier alpha value is 0.235. The summed E-state index contributed by atoms with van der Waals surface area (Å²) in [6.07, 6.45) is 5.33. The molecule has 2 saturated heterocycles. The first-order valence-corrected chi connectivity index (χ1v) is 7.58. The molecule has 5 heteroatoms. The molecule has 108 valence electrons. The summed E-state index contributed by atoms with van der Waals surface area (Å²) in [6.45, 7) is 8.25. The summed E-state index contributed by atoms with van der Waals surface area (Å²) in [5.41, 5.74) is 0.416. The van der Waals surface area contributed by atoms with Crippen molar-refractivity contribution in [3.8, 4) is 0 Å². The minimum Gasteiger partial charge on any atom is -0.404 e. The molecule has 0 aromatic heterocycles. The van der Waals surface area contributed by atoms with Crippen molar-refractivity contribution in [2.75, 3.05) is 6.54 Å². The lowest BCUT2D eigenvalue weighted by Crippen LogP contribution is -2.65. The van der Waals surface area contributed by atoms with E-state index in [0.717, 1.165) is 12.5 Å². The zero-order valence-electron chi connectivity index (χ0n) is 12.1. The molecule has 1 N–H and O–H groups in total. The first kappa shape index (κ1) is 14.2. The van der Waals surface area contributed by atoms with Crippen molar-refractivity contribution >= 4 is 19.5 Å². The highest BCUT2D eigenvalue weighted by Gasteiger charge is 2.68. The maximum atomic E-state index is 6.44. The van der Waals surface area contributed by atoms with Crippen LogP contribution in [-0.4, -0.2) is 31.3 Å². The first-order chi connectivity index (χ1) is 8.52. The van der Waals surface area contributed by atoms with E-state index in [9.17, 15) is 0 Å². The van der Waals surface area contributed by atoms with E-state index in [1.807, 2.05) is 0 Å². The van der Waals surface area contributed by atoms with Gasteiger partial charge in [-0.25, -0.2) is 0 Å². The van der Waals surface area contributed by atoms with Gasteiger partial charge < -0.3 is 14.6 Å². The molecule has 5 aliphatic rings. The number of rotatable bonds is 1. The van der Waals surface area contributed by atoms with Crippen LogP contribution in [0.1, 0.15) is 46.5 Å². The molecular formula is C14H25BClNO2. The summed E-state index contributed by atoms with van der Waals surface area (Å²) in [7, 11) is -0.00218. The van der Waals surface area contributed by atoms with Gasteiger partial charge in [0, 0.05) is 5.94 Å². The van der Waals surface area contributed by atoms with Crippen molar-refractivity contribution in [2.24, 2.45) is 17.3 Å². The lowest BCUT2D eigenvalue weighted by Gasteiger charge is -2.64. The predicted octanol–water partition coefficient (Wildman–Crippen LogP) is 2.43. The molecule has 2 heterocycles. The van der Waals surface area contributed by atoms with Crippen LogP contribution >= 0.6 is 12.4 Å². The minimum absolute atomic E-state index is 0. The number of hydrogen-bond donors (Lipinski definition) is 1. The average molecular weight is 286 g/mol. The number of hydrogen-bond acceptors (Lipinski definition) is 3. The van der Waals surface area contributed by atoms with Crippen LogP contribution in [0, 0.1) is 17.3 Å². The van der Waals surface area contributed by atoms with Gasteiger partial charge in [0.2, 0.25) is 0 Å². The summed E-state index contributed by atoms with van der Waals surface area (Å²) >= 11 is 0. The highest BCUT2D eigenvalue weighted by Crippen LogP contribution is 2.65. The molecule has 0 aromatic rings. The lowest BCUT2D eigenvalue weighted by atomic mass is 9.43.